The van der Waals surface area contributed by atoms with Crippen LogP contribution in [0.15, 0.2) is 79.3 Å². The minimum Gasteiger partial charge on any atom is -0.346 e. The Morgan fingerprint density at radius 1 is 0.962 bits per heavy atom. The van der Waals surface area contributed by atoms with E-state index in [2.05, 4.69) is 15.5 Å². The molecule has 2 aromatic heterocycles. The number of nitrogens with one attached hydrogen (secondary N) is 1. The number of aromatic nitrogens is 4. The highest BCUT2D eigenvalue weighted by atomic mass is 16.2. The standard InChI is InChI=1S/C20H19N5O/c26-20(15-24-13-10-17-8-4-5-9-19(17)24)23-18(14-25-21-11-12-22-25)16-6-2-1-3-7-16/h1-13,18H,14-15H2,(H,23,26)/t18-/m1/s1. The molecule has 0 aliphatic carbocycles. The first-order chi connectivity index (χ1) is 12.8. The quantitative estimate of drug-likeness (QED) is 0.584. The van der Waals surface area contributed by atoms with Crippen molar-refractivity contribution >= 4 is 16.8 Å². The highest BCUT2D eigenvalue weighted by molar-refractivity contribution is 5.83. The van der Waals surface area contributed by atoms with Crippen LogP contribution < -0.4 is 5.32 Å². The summed E-state index contributed by atoms with van der Waals surface area (Å²) in [5, 5.41) is 12.5. The molecule has 1 amide bonds. The number of carbonyl (C=O) groups excluding carboxylic acids is 1. The average molecular weight is 345 g/mol. The predicted molar refractivity (Wildman–Crippen MR) is 99.3 cm³/mol. The molecule has 1 atom stereocenters. The van der Waals surface area contributed by atoms with Crippen LogP contribution in [0.1, 0.15) is 11.6 Å². The first kappa shape index (κ1) is 16.1. The number of nitrogens with zero attached hydrogens (tertiary/aromatic N) is 4. The Bertz CT molecular complexity index is 991. The second-order valence-electron chi connectivity index (χ2n) is 6.12. The lowest BCUT2D eigenvalue weighted by molar-refractivity contribution is -0.122. The normalized spacial score (nSPS) is 12.2. The van der Waals surface area contributed by atoms with E-state index in [1.165, 1.54) is 0 Å². The molecule has 0 fully saturated rings. The van der Waals surface area contributed by atoms with Gasteiger partial charge in [-0.15, -0.1) is 0 Å². The van der Waals surface area contributed by atoms with Crippen molar-refractivity contribution in [2.24, 2.45) is 0 Å². The molecule has 0 aliphatic rings. The number of hydrogen-bond donors (Lipinski definition) is 1. The third-order valence-corrected chi connectivity index (χ3v) is 4.34. The van der Waals surface area contributed by atoms with Crippen molar-refractivity contribution in [2.45, 2.75) is 19.1 Å². The van der Waals surface area contributed by atoms with Crippen molar-refractivity contribution in [2.75, 3.05) is 0 Å². The summed E-state index contributed by atoms with van der Waals surface area (Å²) in [6.45, 7) is 0.749. The Morgan fingerprint density at radius 3 is 2.50 bits per heavy atom. The van der Waals surface area contributed by atoms with E-state index in [0.717, 1.165) is 16.5 Å². The summed E-state index contributed by atoms with van der Waals surface area (Å²) in [6, 6.07) is 19.7. The second-order valence-corrected chi connectivity index (χ2v) is 6.12. The maximum Gasteiger partial charge on any atom is 0.240 e. The van der Waals surface area contributed by atoms with Crippen LogP contribution in [0.3, 0.4) is 0 Å². The molecule has 0 aliphatic heterocycles. The van der Waals surface area contributed by atoms with Crippen molar-refractivity contribution in [3.63, 3.8) is 0 Å². The zero-order valence-corrected chi connectivity index (χ0v) is 14.2. The lowest BCUT2D eigenvalue weighted by Crippen LogP contribution is -2.34. The predicted octanol–water partition coefficient (Wildman–Crippen LogP) is 2.79. The number of carbonyl (C=O) groups is 1. The van der Waals surface area contributed by atoms with Gasteiger partial charge in [0, 0.05) is 11.7 Å². The van der Waals surface area contributed by atoms with E-state index < -0.39 is 0 Å². The summed E-state index contributed by atoms with van der Waals surface area (Å²) in [6.07, 6.45) is 5.21. The minimum absolute atomic E-state index is 0.0487. The van der Waals surface area contributed by atoms with E-state index in [-0.39, 0.29) is 18.5 Å². The van der Waals surface area contributed by atoms with Gasteiger partial charge in [-0.3, -0.25) is 4.79 Å². The van der Waals surface area contributed by atoms with Gasteiger partial charge in [0.15, 0.2) is 0 Å². The highest BCUT2D eigenvalue weighted by Gasteiger charge is 2.16. The van der Waals surface area contributed by atoms with Crippen molar-refractivity contribution < 1.29 is 4.79 Å². The van der Waals surface area contributed by atoms with Gasteiger partial charge >= 0.3 is 0 Å². The van der Waals surface area contributed by atoms with Crippen molar-refractivity contribution in [3.8, 4) is 0 Å². The third-order valence-electron chi connectivity index (χ3n) is 4.34. The molecule has 2 heterocycles. The van der Waals surface area contributed by atoms with E-state index in [1.54, 1.807) is 17.2 Å². The highest BCUT2D eigenvalue weighted by Crippen LogP contribution is 2.17. The van der Waals surface area contributed by atoms with E-state index in [9.17, 15) is 4.79 Å². The largest absolute Gasteiger partial charge is 0.346 e. The third kappa shape index (κ3) is 3.49. The molecule has 1 N–H and O–H groups in total. The molecule has 0 spiro atoms. The maximum absolute atomic E-state index is 12.7. The molecular weight excluding hydrogens is 326 g/mol. The molecule has 0 radical (unpaired) electrons. The molecule has 0 bridgehead atoms. The molecular formula is C20H19N5O. The van der Waals surface area contributed by atoms with E-state index in [0.29, 0.717) is 6.54 Å². The first-order valence-electron chi connectivity index (χ1n) is 8.52. The van der Waals surface area contributed by atoms with Crippen molar-refractivity contribution in [1.29, 1.82) is 0 Å². The van der Waals surface area contributed by atoms with E-state index in [1.807, 2.05) is 71.4 Å². The zero-order valence-electron chi connectivity index (χ0n) is 14.2. The summed E-state index contributed by atoms with van der Waals surface area (Å²) >= 11 is 0. The average Bonchev–Trinajstić information content (AvgIpc) is 3.32. The molecule has 6 heteroatoms. The van der Waals surface area contributed by atoms with Gasteiger partial charge in [0.2, 0.25) is 5.91 Å². The fraction of sp³-hybridized carbons (Fsp3) is 0.150. The van der Waals surface area contributed by atoms with Gasteiger partial charge in [-0.2, -0.15) is 15.0 Å². The van der Waals surface area contributed by atoms with Gasteiger partial charge in [0.05, 0.1) is 25.0 Å². The Morgan fingerprint density at radius 2 is 1.69 bits per heavy atom. The second kappa shape index (κ2) is 7.23. The fourth-order valence-corrected chi connectivity index (χ4v) is 3.09. The summed E-state index contributed by atoms with van der Waals surface area (Å²) in [4.78, 5) is 14.3. The lowest BCUT2D eigenvalue weighted by Gasteiger charge is -2.19. The summed E-state index contributed by atoms with van der Waals surface area (Å²) in [5.74, 6) is -0.0487. The zero-order chi connectivity index (χ0) is 17.8. The van der Waals surface area contributed by atoms with E-state index in [4.69, 9.17) is 0 Å². The number of benzene rings is 2. The van der Waals surface area contributed by atoms with Crippen LogP contribution in [-0.2, 0) is 17.9 Å². The molecule has 0 saturated heterocycles. The Labute approximate surface area is 151 Å². The molecule has 2 aromatic carbocycles. The van der Waals surface area contributed by atoms with Crippen LogP contribution in [0, 0.1) is 0 Å². The summed E-state index contributed by atoms with van der Waals surface area (Å²) in [5.41, 5.74) is 2.07. The van der Waals surface area contributed by atoms with Crippen LogP contribution in [0.4, 0.5) is 0 Å². The van der Waals surface area contributed by atoms with Crippen LogP contribution in [0.2, 0.25) is 0 Å². The molecule has 6 nitrogen and oxygen atoms in total. The lowest BCUT2D eigenvalue weighted by atomic mass is 10.1. The first-order valence-corrected chi connectivity index (χ1v) is 8.52. The number of para-hydroxylation sites is 1. The van der Waals surface area contributed by atoms with Crippen molar-refractivity contribution in [3.05, 3.63) is 84.8 Å². The number of hydrogen-bond acceptors (Lipinski definition) is 3. The molecule has 26 heavy (non-hydrogen) atoms. The van der Waals surface area contributed by atoms with Crippen LogP contribution >= 0.6 is 0 Å². The monoisotopic (exact) mass is 345 g/mol. The van der Waals surface area contributed by atoms with Crippen LogP contribution in [0.5, 0.6) is 0 Å². The van der Waals surface area contributed by atoms with Crippen LogP contribution in [-0.4, -0.2) is 25.5 Å². The molecule has 4 rings (SSSR count). The van der Waals surface area contributed by atoms with Gasteiger partial charge in [0.1, 0.15) is 6.54 Å². The smallest absolute Gasteiger partial charge is 0.240 e. The number of amides is 1. The number of fused-ring (bicyclic) bond motifs is 1. The van der Waals surface area contributed by atoms with E-state index >= 15 is 0 Å². The van der Waals surface area contributed by atoms with Gasteiger partial charge < -0.3 is 9.88 Å². The number of rotatable bonds is 6. The molecule has 0 unspecified atom stereocenters. The molecule has 130 valence electrons. The Kier molecular flexibility index (Phi) is 4.47. The maximum atomic E-state index is 12.7. The van der Waals surface area contributed by atoms with Gasteiger partial charge in [-0.1, -0.05) is 48.5 Å². The van der Waals surface area contributed by atoms with Gasteiger partial charge in [0.25, 0.3) is 0 Å². The topological polar surface area (TPSA) is 64.7 Å². The van der Waals surface area contributed by atoms with Gasteiger partial charge in [-0.05, 0) is 23.1 Å². The summed E-state index contributed by atoms with van der Waals surface area (Å²) in [7, 11) is 0. The Hall–Kier alpha value is -3.41. The fourth-order valence-electron chi connectivity index (χ4n) is 3.09. The van der Waals surface area contributed by atoms with Gasteiger partial charge in [-0.25, -0.2) is 0 Å². The molecule has 0 saturated carbocycles. The SMILES string of the molecule is O=C(Cn1ccc2ccccc21)N[C@H](Cn1nccn1)c1ccccc1. The Balaban J connectivity index is 1.52. The van der Waals surface area contributed by atoms with Crippen molar-refractivity contribution in [1.82, 2.24) is 24.9 Å². The minimum atomic E-state index is -0.196. The summed E-state index contributed by atoms with van der Waals surface area (Å²) < 4.78 is 1.96. The van der Waals surface area contributed by atoms with Crippen LogP contribution in [0.25, 0.3) is 10.9 Å². The molecule has 4 aromatic rings.